The first-order valence-electron chi connectivity index (χ1n) is 10.0. The molecule has 1 heterocycles. The maximum atomic E-state index is 12.2. The molecule has 4 rings (SSSR count). The largest absolute Gasteiger partial charge is 0.506 e. The van der Waals surface area contributed by atoms with Crippen LogP contribution in [0.3, 0.4) is 0 Å². The lowest BCUT2D eigenvalue weighted by atomic mass is 9.89. The van der Waals surface area contributed by atoms with Crippen LogP contribution in [0, 0.1) is 13.8 Å². The summed E-state index contributed by atoms with van der Waals surface area (Å²) in [5, 5.41) is 10.7. The Morgan fingerprint density at radius 3 is 2.31 bits per heavy atom. The number of carbonyl (C=O) groups excluding carboxylic acids is 2. The van der Waals surface area contributed by atoms with Crippen LogP contribution >= 0.6 is 0 Å². The third kappa shape index (κ3) is 3.41. The van der Waals surface area contributed by atoms with Gasteiger partial charge in [0.2, 0.25) is 0 Å². The van der Waals surface area contributed by atoms with Crippen molar-refractivity contribution in [3.63, 3.8) is 0 Å². The topological polar surface area (TPSA) is 60.9 Å². The van der Waals surface area contributed by atoms with Crippen molar-refractivity contribution in [2.24, 2.45) is 0 Å². The minimum Gasteiger partial charge on any atom is -0.506 e. The van der Waals surface area contributed by atoms with Crippen LogP contribution in [0.15, 0.2) is 42.0 Å². The first-order valence-corrected chi connectivity index (χ1v) is 10.0. The molecule has 2 aliphatic rings. The fourth-order valence-corrected chi connectivity index (χ4v) is 4.50. The van der Waals surface area contributed by atoms with Crippen molar-refractivity contribution in [3.8, 4) is 0 Å². The van der Waals surface area contributed by atoms with Gasteiger partial charge in [0.25, 0.3) is 0 Å². The average molecular weight is 390 g/mol. The molecule has 5 heteroatoms. The first-order chi connectivity index (χ1) is 13.9. The van der Waals surface area contributed by atoms with E-state index in [9.17, 15) is 14.7 Å². The summed E-state index contributed by atoms with van der Waals surface area (Å²) in [6.45, 7) is 5.70. The Morgan fingerprint density at radius 1 is 1.00 bits per heavy atom. The van der Waals surface area contributed by atoms with E-state index in [2.05, 4.69) is 41.8 Å². The second kappa shape index (κ2) is 7.39. The van der Waals surface area contributed by atoms with Crippen LogP contribution in [0.5, 0.6) is 0 Å². The number of anilines is 2. The van der Waals surface area contributed by atoms with Crippen LogP contribution < -0.4 is 9.80 Å². The number of benzene rings is 2. The maximum absolute atomic E-state index is 12.2. The molecule has 2 aromatic carbocycles. The van der Waals surface area contributed by atoms with E-state index in [1.54, 1.807) is 6.07 Å². The van der Waals surface area contributed by atoms with Crippen LogP contribution in [0.1, 0.15) is 41.5 Å². The van der Waals surface area contributed by atoms with E-state index in [4.69, 9.17) is 0 Å². The molecule has 1 aliphatic heterocycles. The molecule has 1 saturated carbocycles. The van der Waals surface area contributed by atoms with Gasteiger partial charge in [-0.15, -0.1) is 0 Å². The summed E-state index contributed by atoms with van der Waals surface area (Å²) in [4.78, 5) is 28.9. The molecule has 0 radical (unpaired) electrons. The third-order valence-electron chi connectivity index (χ3n) is 5.87. The number of hydrogen-bond donors (Lipinski definition) is 1. The van der Waals surface area contributed by atoms with E-state index < -0.39 is 0 Å². The number of nitrogens with zero attached hydrogens (tertiary/aromatic N) is 2. The number of aliphatic hydroxyl groups excluding tert-OH is 1. The molecule has 1 N–H and O–H groups in total. The number of rotatable bonds is 2. The molecular weight excluding hydrogens is 364 g/mol. The molecule has 29 heavy (non-hydrogen) atoms. The van der Waals surface area contributed by atoms with Crippen molar-refractivity contribution in [2.75, 3.05) is 23.5 Å². The van der Waals surface area contributed by atoms with E-state index in [0.29, 0.717) is 31.4 Å². The van der Waals surface area contributed by atoms with E-state index in [-0.39, 0.29) is 22.9 Å². The first kappa shape index (κ1) is 19.2. The summed E-state index contributed by atoms with van der Waals surface area (Å²) < 4.78 is 0. The van der Waals surface area contributed by atoms with E-state index in [1.165, 1.54) is 16.8 Å². The summed E-state index contributed by atoms with van der Waals surface area (Å²) in [6, 6.07) is 12.0. The third-order valence-corrected chi connectivity index (χ3v) is 5.87. The minimum absolute atomic E-state index is 0.0352. The zero-order valence-corrected chi connectivity index (χ0v) is 17.2. The van der Waals surface area contributed by atoms with Crippen molar-refractivity contribution in [1.82, 2.24) is 0 Å². The molecule has 0 bridgehead atoms. The molecule has 150 valence electrons. The van der Waals surface area contributed by atoms with Gasteiger partial charge in [0.05, 0.1) is 6.67 Å². The summed E-state index contributed by atoms with van der Waals surface area (Å²) in [5.74, 6) is -0.703. The Bertz CT molecular complexity index is 1000. The Labute approximate surface area is 171 Å². The van der Waals surface area contributed by atoms with E-state index >= 15 is 0 Å². The van der Waals surface area contributed by atoms with Gasteiger partial charge < -0.3 is 14.9 Å². The molecule has 5 nitrogen and oxygen atoms in total. The number of para-hydroxylation sites is 1. The van der Waals surface area contributed by atoms with Crippen LogP contribution in [0.4, 0.5) is 11.4 Å². The average Bonchev–Trinajstić information content (AvgIpc) is 2.67. The number of aryl methyl sites for hydroxylation is 2. The van der Waals surface area contributed by atoms with Crippen molar-refractivity contribution >= 4 is 28.7 Å². The van der Waals surface area contributed by atoms with Gasteiger partial charge in [0.15, 0.2) is 11.6 Å². The summed E-state index contributed by atoms with van der Waals surface area (Å²) in [7, 11) is 2.05. The highest BCUT2D eigenvalue weighted by Gasteiger charge is 2.29. The molecule has 0 amide bonds. The monoisotopic (exact) mass is 390 g/mol. The summed E-state index contributed by atoms with van der Waals surface area (Å²) in [6.07, 6.45) is 1.20. The Hall–Kier alpha value is -3.08. The van der Waals surface area contributed by atoms with Gasteiger partial charge >= 0.3 is 0 Å². The van der Waals surface area contributed by atoms with Gasteiger partial charge in [-0.2, -0.15) is 0 Å². The molecule has 1 aliphatic carbocycles. The molecule has 0 atom stereocenters. The van der Waals surface area contributed by atoms with Gasteiger partial charge in [0.1, 0.15) is 11.3 Å². The normalized spacial score (nSPS) is 16.9. The zero-order chi connectivity index (χ0) is 20.7. The quantitative estimate of drug-likeness (QED) is 0.470. The van der Waals surface area contributed by atoms with Gasteiger partial charge in [-0.3, -0.25) is 9.59 Å². The number of fused-ring (bicyclic) bond motifs is 1. The van der Waals surface area contributed by atoms with Gasteiger partial charge in [-0.25, -0.2) is 0 Å². The SMILES string of the molecule is Cc1cccc(C)c1N1Cc2cc(C(O)=C3C(=O)CCCC3=O)ccc2N(C)C1. The highest BCUT2D eigenvalue weighted by molar-refractivity contribution is 6.25. The van der Waals surface area contributed by atoms with E-state index in [0.717, 1.165) is 17.9 Å². The Morgan fingerprint density at radius 2 is 1.66 bits per heavy atom. The number of hydrogen-bond acceptors (Lipinski definition) is 5. The minimum atomic E-state index is -0.259. The van der Waals surface area contributed by atoms with Crippen LogP contribution in [0.2, 0.25) is 0 Å². The standard InChI is InChI=1S/C24H26N2O3/c1-15-6-4-7-16(2)23(15)26-13-18-12-17(10-11-19(18)25(3)14-26)24(29)22-20(27)8-5-9-21(22)28/h4,6-7,10-12,29H,5,8-9,13-14H2,1-3H3. The highest BCUT2D eigenvalue weighted by atomic mass is 16.3. The summed E-state index contributed by atoms with van der Waals surface area (Å²) in [5.41, 5.74) is 6.31. The smallest absolute Gasteiger partial charge is 0.170 e. The predicted molar refractivity (Wildman–Crippen MR) is 115 cm³/mol. The second-order valence-corrected chi connectivity index (χ2v) is 8.04. The number of Topliss-reactive ketones (excluding diaryl/α,β-unsaturated/α-hetero) is 2. The lowest BCUT2D eigenvalue weighted by Crippen LogP contribution is -2.40. The van der Waals surface area contributed by atoms with Gasteiger partial charge in [-0.05, 0) is 55.2 Å². The molecule has 0 aromatic heterocycles. The van der Waals surface area contributed by atoms with Crippen LogP contribution in [0.25, 0.3) is 5.76 Å². The predicted octanol–water partition coefficient (Wildman–Crippen LogP) is 4.31. The molecule has 0 spiro atoms. The van der Waals surface area contributed by atoms with Gasteiger partial charge in [-0.1, -0.05) is 18.2 Å². The Kier molecular flexibility index (Phi) is 4.91. The highest BCUT2D eigenvalue weighted by Crippen LogP contribution is 2.35. The second-order valence-electron chi connectivity index (χ2n) is 8.04. The van der Waals surface area contributed by atoms with Gasteiger partial charge in [0, 0.05) is 43.4 Å². The van der Waals surface area contributed by atoms with Crippen molar-refractivity contribution in [3.05, 3.63) is 64.2 Å². The number of carbonyl (C=O) groups is 2. The lowest BCUT2D eigenvalue weighted by Gasteiger charge is -2.39. The zero-order valence-electron chi connectivity index (χ0n) is 17.2. The lowest BCUT2D eigenvalue weighted by molar-refractivity contribution is -0.123. The van der Waals surface area contributed by atoms with Crippen LogP contribution in [-0.2, 0) is 16.1 Å². The molecule has 1 fully saturated rings. The number of allylic oxidation sites excluding steroid dienone is 1. The Balaban J connectivity index is 1.74. The number of aliphatic hydroxyl groups is 1. The number of ketones is 2. The van der Waals surface area contributed by atoms with Crippen molar-refractivity contribution < 1.29 is 14.7 Å². The van der Waals surface area contributed by atoms with E-state index in [1.807, 2.05) is 19.2 Å². The van der Waals surface area contributed by atoms with Crippen molar-refractivity contribution in [2.45, 2.75) is 39.7 Å². The molecule has 0 saturated heterocycles. The molecular formula is C24H26N2O3. The molecule has 2 aromatic rings. The van der Waals surface area contributed by atoms with Crippen molar-refractivity contribution in [1.29, 1.82) is 0 Å². The maximum Gasteiger partial charge on any atom is 0.170 e. The fraction of sp³-hybridized carbons (Fsp3) is 0.333. The van der Waals surface area contributed by atoms with Crippen LogP contribution in [-0.4, -0.2) is 30.4 Å². The summed E-state index contributed by atoms with van der Waals surface area (Å²) >= 11 is 0. The fourth-order valence-electron chi connectivity index (χ4n) is 4.50. The molecule has 0 unspecified atom stereocenters.